The summed E-state index contributed by atoms with van der Waals surface area (Å²) in [5.41, 5.74) is 2.75. The van der Waals surface area contributed by atoms with Gasteiger partial charge in [0.05, 0.1) is 6.42 Å². The minimum Gasteiger partial charge on any atom is -0.481 e. The van der Waals surface area contributed by atoms with E-state index >= 15 is 0 Å². The van der Waals surface area contributed by atoms with Gasteiger partial charge in [0.15, 0.2) is 0 Å². The summed E-state index contributed by atoms with van der Waals surface area (Å²) in [7, 11) is 0. The predicted octanol–water partition coefficient (Wildman–Crippen LogP) is 2.58. The first-order chi connectivity index (χ1) is 6.02. The molecule has 0 bridgehead atoms. The van der Waals surface area contributed by atoms with Crippen LogP contribution in [0, 0.1) is 13.8 Å². The molecule has 70 valence electrons. The Morgan fingerprint density at radius 3 is 2.62 bits per heavy atom. The van der Waals surface area contributed by atoms with Gasteiger partial charge in [-0.1, -0.05) is 17.7 Å². The zero-order valence-electron chi connectivity index (χ0n) is 7.60. The summed E-state index contributed by atoms with van der Waals surface area (Å²) < 4.78 is 0. The number of carbonyl (C=O) groups is 1. The summed E-state index contributed by atoms with van der Waals surface area (Å²) in [6, 6.07) is 3.63. The highest BCUT2D eigenvalue weighted by molar-refractivity contribution is 6.31. The maximum absolute atomic E-state index is 10.5. The van der Waals surface area contributed by atoms with Crippen LogP contribution in [0.1, 0.15) is 16.7 Å². The fourth-order valence-corrected chi connectivity index (χ4v) is 1.48. The van der Waals surface area contributed by atoms with Crippen LogP contribution in [0.4, 0.5) is 0 Å². The number of carboxylic acids is 1. The second kappa shape index (κ2) is 3.79. The lowest BCUT2D eigenvalue weighted by Gasteiger charge is -2.08. The number of hydrogen-bond acceptors (Lipinski definition) is 1. The maximum atomic E-state index is 10.5. The number of rotatable bonds is 2. The molecule has 0 spiro atoms. The normalized spacial score (nSPS) is 10.1. The zero-order chi connectivity index (χ0) is 10.0. The van der Waals surface area contributed by atoms with Crippen LogP contribution in [0.2, 0.25) is 5.02 Å². The average molecular weight is 199 g/mol. The second-order valence-electron chi connectivity index (χ2n) is 3.04. The van der Waals surface area contributed by atoms with Crippen LogP contribution in [-0.2, 0) is 11.2 Å². The highest BCUT2D eigenvalue weighted by atomic mass is 35.5. The Kier molecular flexibility index (Phi) is 2.94. The van der Waals surface area contributed by atoms with Gasteiger partial charge in [-0.2, -0.15) is 0 Å². The molecule has 0 unspecified atom stereocenters. The molecule has 3 heteroatoms. The standard InChI is InChI=1S/C10H11ClO2/c1-6-3-4-9(11)8(7(6)2)5-10(12)13/h3-4H,5H2,1-2H3,(H,12,13). The summed E-state index contributed by atoms with van der Waals surface area (Å²) in [6.07, 6.45) is -0.00759. The van der Waals surface area contributed by atoms with Crippen LogP contribution in [0.5, 0.6) is 0 Å². The van der Waals surface area contributed by atoms with Crippen LogP contribution < -0.4 is 0 Å². The molecule has 1 rings (SSSR count). The number of carboxylic acid groups (broad SMARTS) is 1. The van der Waals surface area contributed by atoms with E-state index in [1.165, 1.54) is 0 Å². The molecule has 0 atom stereocenters. The van der Waals surface area contributed by atoms with Gasteiger partial charge in [-0.15, -0.1) is 0 Å². The van der Waals surface area contributed by atoms with Crippen molar-refractivity contribution in [2.24, 2.45) is 0 Å². The van der Waals surface area contributed by atoms with E-state index in [4.69, 9.17) is 16.7 Å². The first-order valence-electron chi connectivity index (χ1n) is 3.98. The number of aryl methyl sites for hydroxylation is 1. The average Bonchev–Trinajstić information content (AvgIpc) is 2.05. The van der Waals surface area contributed by atoms with Gasteiger partial charge >= 0.3 is 5.97 Å². The number of halogens is 1. The molecule has 2 nitrogen and oxygen atoms in total. The molecule has 1 aromatic carbocycles. The molecule has 0 aliphatic rings. The van der Waals surface area contributed by atoms with Crippen molar-refractivity contribution >= 4 is 17.6 Å². The van der Waals surface area contributed by atoms with Crippen molar-refractivity contribution in [2.45, 2.75) is 20.3 Å². The zero-order valence-corrected chi connectivity index (χ0v) is 8.35. The number of aliphatic carboxylic acids is 1. The van der Waals surface area contributed by atoms with Gasteiger partial charge < -0.3 is 5.11 Å². The van der Waals surface area contributed by atoms with Crippen molar-refractivity contribution in [3.8, 4) is 0 Å². The molecule has 0 saturated carbocycles. The maximum Gasteiger partial charge on any atom is 0.307 e. The predicted molar refractivity (Wildman–Crippen MR) is 52.3 cm³/mol. The largest absolute Gasteiger partial charge is 0.481 e. The van der Waals surface area contributed by atoms with E-state index in [2.05, 4.69) is 0 Å². The topological polar surface area (TPSA) is 37.3 Å². The van der Waals surface area contributed by atoms with Gasteiger partial charge in [0.2, 0.25) is 0 Å². The van der Waals surface area contributed by atoms with Crippen LogP contribution in [0.25, 0.3) is 0 Å². The molecule has 0 amide bonds. The van der Waals surface area contributed by atoms with E-state index in [9.17, 15) is 4.79 Å². The van der Waals surface area contributed by atoms with Gasteiger partial charge in [-0.05, 0) is 36.6 Å². The van der Waals surface area contributed by atoms with Gasteiger partial charge in [-0.25, -0.2) is 0 Å². The molecular weight excluding hydrogens is 188 g/mol. The Bertz CT molecular complexity index is 345. The summed E-state index contributed by atoms with van der Waals surface area (Å²) >= 11 is 5.88. The summed E-state index contributed by atoms with van der Waals surface area (Å²) in [5, 5.41) is 9.18. The summed E-state index contributed by atoms with van der Waals surface area (Å²) in [4.78, 5) is 10.5. The Hall–Kier alpha value is -1.02. The van der Waals surface area contributed by atoms with Crippen LogP contribution in [-0.4, -0.2) is 11.1 Å². The molecule has 0 radical (unpaired) electrons. The SMILES string of the molecule is Cc1ccc(Cl)c(CC(=O)O)c1C. The minimum absolute atomic E-state index is 0.00759. The van der Waals surface area contributed by atoms with Crippen molar-refractivity contribution in [2.75, 3.05) is 0 Å². The molecule has 13 heavy (non-hydrogen) atoms. The molecule has 1 N–H and O–H groups in total. The Morgan fingerprint density at radius 2 is 2.08 bits per heavy atom. The van der Waals surface area contributed by atoms with E-state index in [1.807, 2.05) is 19.9 Å². The van der Waals surface area contributed by atoms with E-state index < -0.39 is 5.97 Å². The third kappa shape index (κ3) is 2.22. The van der Waals surface area contributed by atoms with Gasteiger partial charge in [0.25, 0.3) is 0 Å². The lowest BCUT2D eigenvalue weighted by molar-refractivity contribution is -0.136. The van der Waals surface area contributed by atoms with Crippen molar-refractivity contribution in [3.63, 3.8) is 0 Å². The van der Waals surface area contributed by atoms with Crippen LogP contribution >= 0.6 is 11.6 Å². The highest BCUT2D eigenvalue weighted by Gasteiger charge is 2.09. The van der Waals surface area contributed by atoms with Crippen molar-refractivity contribution in [1.29, 1.82) is 0 Å². The third-order valence-corrected chi connectivity index (χ3v) is 2.49. The Balaban J connectivity index is 3.17. The van der Waals surface area contributed by atoms with Crippen molar-refractivity contribution < 1.29 is 9.90 Å². The van der Waals surface area contributed by atoms with Crippen molar-refractivity contribution in [3.05, 3.63) is 33.8 Å². The Labute approximate surface area is 82.2 Å². The minimum atomic E-state index is -0.851. The lowest BCUT2D eigenvalue weighted by atomic mass is 10.0. The quantitative estimate of drug-likeness (QED) is 0.793. The fourth-order valence-electron chi connectivity index (χ4n) is 1.21. The fraction of sp³-hybridized carbons (Fsp3) is 0.300. The second-order valence-corrected chi connectivity index (χ2v) is 3.45. The summed E-state index contributed by atoms with van der Waals surface area (Å²) in [6.45, 7) is 3.83. The van der Waals surface area contributed by atoms with E-state index in [0.29, 0.717) is 10.6 Å². The van der Waals surface area contributed by atoms with E-state index in [-0.39, 0.29) is 6.42 Å². The van der Waals surface area contributed by atoms with Crippen LogP contribution in [0.3, 0.4) is 0 Å². The molecule has 0 aliphatic heterocycles. The Morgan fingerprint density at radius 1 is 1.46 bits per heavy atom. The molecule has 0 aliphatic carbocycles. The molecule has 0 saturated heterocycles. The number of benzene rings is 1. The molecule has 1 aromatic rings. The lowest BCUT2D eigenvalue weighted by Crippen LogP contribution is -2.03. The van der Waals surface area contributed by atoms with Gasteiger partial charge in [-0.3, -0.25) is 4.79 Å². The molecular formula is C10H11ClO2. The molecule has 0 heterocycles. The van der Waals surface area contributed by atoms with Crippen LogP contribution in [0.15, 0.2) is 12.1 Å². The third-order valence-electron chi connectivity index (χ3n) is 2.14. The summed E-state index contributed by atoms with van der Waals surface area (Å²) in [5.74, 6) is -0.851. The van der Waals surface area contributed by atoms with E-state index in [0.717, 1.165) is 11.1 Å². The molecule has 0 fully saturated rings. The van der Waals surface area contributed by atoms with Gasteiger partial charge in [0.1, 0.15) is 0 Å². The van der Waals surface area contributed by atoms with Crippen molar-refractivity contribution in [1.82, 2.24) is 0 Å². The monoisotopic (exact) mass is 198 g/mol. The first kappa shape index (κ1) is 10.1. The smallest absolute Gasteiger partial charge is 0.307 e. The first-order valence-corrected chi connectivity index (χ1v) is 4.36. The van der Waals surface area contributed by atoms with Gasteiger partial charge in [0, 0.05) is 5.02 Å². The van der Waals surface area contributed by atoms with E-state index in [1.54, 1.807) is 6.07 Å². The molecule has 0 aromatic heterocycles. The highest BCUT2D eigenvalue weighted by Crippen LogP contribution is 2.22. The number of hydrogen-bond donors (Lipinski definition) is 1.